The molecule has 0 amide bonds. The summed E-state index contributed by atoms with van der Waals surface area (Å²) in [6, 6.07) is 2.42. The fourth-order valence-electron chi connectivity index (χ4n) is 1.61. The molecular formula is C13H18F2O. The zero-order chi connectivity index (χ0) is 12.5. The average Bonchev–Trinajstić information content (AvgIpc) is 2.16. The van der Waals surface area contributed by atoms with E-state index in [1.165, 1.54) is 6.07 Å². The van der Waals surface area contributed by atoms with Gasteiger partial charge >= 0.3 is 0 Å². The van der Waals surface area contributed by atoms with Crippen molar-refractivity contribution in [2.24, 2.45) is 0 Å². The van der Waals surface area contributed by atoms with Gasteiger partial charge in [-0.05, 0) is 23.1 Å². The first kappa shape index (κ1) is 13.1. The fraction of sp³-hybridized carbons (Fsp3) is 0.538. The molecule has 0 aromatic heterocycles. The van der Waals surface area contributed by atoms with Crippen molar-refractivity contribution in [2.45, 2.75) is 39.0 Å². The summed E-state index contributed by atoms with van der Waals surface area (Å²) in [5.74, 6) is -1.13. The second kappa shape index (κ2) is 4.50. The van der Waals surface area contributed by atoms with E-state index in [4.69, 9.17) is 0 Å². The van der Waals surface area contributed by atoms with E-state index in [0.29, 0.717) is 11.1 Å². The van der Waals surface area contributed by atoms with Gasteiger partial charge < -0.3 is 5.11 Å². The Bertz CT molecular complexity index is 384. The molecule has 0 aliphatic heterocycles. The summed E-state index contributed by atoms with van der Waals surface area (Å²) in [5, 5.41) is 9.21. The zero-order valence-electron chi connectivity index (χ0n) is 10.1. The maximum absolute atomic E-state index is 13.6. The molecule has 0 atom stereocenters. The van der Waals surface area contributed by atoms with E-state index in [2.05, 4.69) is 0 Å². The van der Waals surface area contributed by atoms with Gasteiger partial charge in [0.05, 0.1) is 6.61 Å². The average molecular weight is 228 g/mol. The van der Waals surface area contributed by atoms with Crippen molar-refractivity contribution in [3.8, 4) is 0 Å². The minimum Gasteiger partial charge on any atom is -0.395 e. The van der Waals surface area contributed by atoms with Crippen LogP contribution in [0.25, 0.3) is 0 Å². The van der Waals surface area contributed by atoms with Crippen molar-refractivity contribution < 1.29 is 13.9 Å². The van der Waals surface area contributed by atoms with Crippen molar-refractivity contribution in [3.63, 3.8) is 0 Å². The third-order valence-corrected chi connectivity index (χ3v) is 2.83. The van der Waals surface area contributed by atoms with Gasteiger partial charge in [-0.3, -0.25) is 0 Å². The first-order valence-electron chi connectivity index (χ1n) is 5.40. The van der Waals surface area contributed by atoms with Gasteiger partial charge in [0, 0.05) is 11.5 Å². The number of hydrogen-bond donors (Lipinski definition) is 1. The molecule has 0 radical (unpaired) electrons. The SMILES string of the molecule is CC(C)c1cc(C(C)(C)CO)c(F)cc1F. The molecule has 1 rings (SSSR count). The van der Waals surface area contributed by atoms with Crippen LogP contribution in [0.15, 0.2) is 12.1 Å². The molecule has 0 saturated carbocycles. The second-order valence-electron chi connectivity index (χ2n) is 5.05. The molecule has 0 bridgehead atoms. The van der Waals surface area contributed by atoms with Crippen LogP contribution in [0.5, 0.6) is 0 Å². The number of benzene rings is 1. The number of rotatable bonds is 3. The van der Waals surface area contributed by atoms with E-state index in [-0.39, 0.29) is 12.5 Å². The molecule has 0 aliphatic rings. The Kier molecular flexibility index (Phi) is 3.68. The lowest BCUT2D eigenvalue weighted by Crippen LogP contribution is -2.24. The van der Waals surface area contributed by atoms with Crippen LogP contribution in [0.2, 0.25) is 0 Å². The largest absolute Gasteiger partial charge is 0.395 e. The molecule has 1 aromatic carbocycles. The number of aliphatic hydroxyl groups is 1. The number of aliphatic hydroxyl groups excluding tert-OH is 1. The third kappa shape index (κ3) is 2.40. The lowest BCUT2D eigenvalue weighted by molar-refractivity contribution is 0.214. The predicted octanol–water partition coefficient (Wildman–Crippen LogP) is 3.36. The van der Waals surface area contributed by atoms with Crippen molar-refractivity contribution in [2.75, 3.05) is 6.61 Å². The van der Waals surface area contributed by atoms with Crippen LogP contribution >= 0.6 is 0 Å². The summed E-state index contributed by atoms with van der Waals surface area (Å²) in [6.07, 6.45) is 0. The van der Waals surface area contributed by atoms with Crippen molar-refractivity contribution in [1.29, 1.82) is 0 Å². The minimum atomic E-state index is -0.693. The Morgan fingerprint density at radius 1 is 1.19 bits per heavy atom. The first-order valence-corrected chi connectivity index (χ1v) is 5.40. The molecule has 90 valence electrons. The fourth-order valence-corrected chi connectivity index (χ4v) is 1.61. The van der Waals surface area contributed by atoms with Crippen LogP contribution in [0, 0.1) is 11.6 Å². The van der Waals surface area contributed by atoms with Gasteiger partial charge in [0.2, 0.25) is 0 Å². The number of halogens is 2. The van der Waals surface area contributed by atoms with Gasteiger partial charge in [-0.15, -0.1) is 0 Å². The van der Waals surface area contributed by atoms with Crippen molar-refractivity contribution in [1.82, 2.24) is 0 Å². The van der Waals surface area contributed by atoms with Crippen LogP contribution < -0.4 is 0 Å². The van der Waals surface area contributed by atoms with Gasteiger partial charge in [0.1, 0.15) is 11.6 Å². The quantitative estimate of drug-likeness (QED) is 0.841. The van der Waals surface area contributed by atoms with Crippen LogP contribution in [0.4, 0.5) is 8.78 Å². The van der Waals surface area contributed by atoms with Crippen molar-refractivity contribution >= 4 is 0 Å². The molecule has 16 heavy (non-hydrogen) atoms. The molecule has 1 aromatic rings. The Morgan fingerprint density at radius 3 is 2.19 bits per heavy atom. The molecular weight excluding hydrogens is 210 g/mol. The van der Waals surface area contributed by atoms with Gasteiger partial charge in [0.15, 0.2) is 0 Å². The highest BCUT2D eigenvalue weighted by Gasteiger charge is 2.25. The second-order valence-corrected chi connectivity index (χ2v) is 5.05. The van der Waals surface area contributed by atoms with Gasteiger partial charge in [-0.1, -0.05) is 27.7 Å². The summed E-state index contributed by atoms with van der Waals surface area (Å²) in [4.78, 5) is 0. The highest BCUT2D eigenvalue weighted by atomic mass is 19.1. The minimum absolute atomic E-state index is 0.00570. The van der Waals surface area contributed by atoms with Crippen LogP contribution in [-0.4, -0.2) is 11.7 Å². The van der Waals surface area contributed by atoms with Gasteiger partial charge in [0.25, 0.3) is 0 Å². The van der Waals surface area contributed by atoms with E-state index in [9.17, 15) is 13.9 Å². The molecule has 3 heteroatoms. The predicted molar refractivity (Wildman–Crippen MR) is 60.6 cm³/mol. The Morgan fingerprint density at radius 2 is 1.75 bits per heavy atom. The van der Waals surface area contributed by atoms with Crippen LogP contribution in [-0.2, 0) is 5.41 Å². The first-order chi connectivity index (χ1) is 7.29. The molecule has 0 fully saturated rings. The van der Waals surface area contributed by atoms with E-state index < -0.39 is 17.0 Å². The summed E-state index contributed by atoms with van der Waals surface area (Å²) < 4.78 is 27.1. The molecule has 0 unspecified atom stereocenters. The van der Waals surface area contributed by atoms with E-state index in [1.807, 2.05) is 13.8 Å². The Hall–Kier alpha value is -0.960. The van der Waals surface area contributed by atoms with Crippen LogP contribution in [0.3, 0.4) is 0 Å². The van der Waals surface area contributed by atoms with E-state index in [0.717, 1.165) is 6.07 Å². The topological polar surface area (TPSA) is 20.2 Å². The third-order valence-electron chi connectivity index (χ3n) is 2.83. The van der Waals surface area contributed by atoms with E-state index >= 15 is 0 Å². The Labute approximate surface area is 95.1 Å². The van der Waals surface area contributed by atoms with Gasteiger partial charge in [-0.25, -0.2) is 8.78 Å². The summed E-state index contributed by atoms with van der Waals surface area (Å²) in [7, 11) is 0. The molecule has 0 aliphatic carbocycles. The molecule has 0 spiro atoms. The van der Waals surface area contributed by atoms with Crippen molar-refractivity contribution in [3.05, 3.63) is 34.9 Å². The molecule has 0 heterocycles. The van der Waals surface area contributed by atoms with E-state index in [1.54, 1.807) is 13.8 Å². The van der Waals surface area contributed by atoms with Crippen LogP contribution in [0.1, 0.15) is 44.7 Å². The molecule has 0 saturated heterocycles. The molecule has 1 N–H and O–H groups in total. The monoisotopic (exact) mass is 228 g/mol. The normalized spacial score (nSPS) is 12.2. The smallest absolute Gasteiger partial charge is 0.129 e. The maximum Gasteiger partial charge on any atom is 0.129 e. The summed E-state index contributed by atoms with van der Waals surface area (Å²) >= 11 is 0. The standard InChI is InChI=1S/C13H18F2O/c1-8(2)9-5-10(13(3,4)7-16)12(15)6-11(9)14/h5-6,8,16H,7H2,1-4H3. The summed E-state index contributed by atoms with van der Waals surface area (Å²) in [6.45, 7) is 6.99. The number of hydrogen-bond acceptors (Lipinski definition) is 1. The molecule has 1 nitrogen and oxygen atoms in total. The lowest BCUT2D eigenvalue weighted by atomic mass is 9.83. The van der Waals surface area contributed by atoms with Gasteiger partial charge in [-0.2, -0.15) is 0 Å². The zero-order valence-corrected chi connectivity index (χ0v) is 10.1. The summed E-state index contributed by atoms with van der Waals surface area (Å²) in [5.41, 5.74) is 0.152. The highest BCUT2D eigenvalue weighted by molar-refractivity contribution is 5.33. The maximum atomic E-state index is 13.6. The Balaban J connectivity index is 3.36. The lowest BCUT2D eigenvalue weighted by Gasteiger charge is -2.24. The highest BCUT2D eigenvalue weighted by Crippen LogP contribution is 2.30.